The van der Waals surface area contributed by atoms with Gasteiger partial charge in [0.1, 0.15) is 78.0 Å². The highest BCUT2D eigenvalue weighted by Gasteiger charge is 2.47. The number of halogens is 2. The molecule has 0 saturated carbocycles. The van der Waals surface area contributed by atoms with E-state index < -0.39 is 79.8 Å². The maximum absolute atomic E-state index is 14.6. The van der Waals surface area contributed by atoms with Gasteiger partial charge in [0.2, 0.25) is 12.6 Å². The molecule has 1 unspecified atom stereocenters. The average Bonchev–Trinajstić information content (AvgIpc) is 1.64. The third-order valence-electron chi connectivity index (χ3n) is 17.8. The highest BCUT2D eigenvalue weighted by atomic mass is 35.5. The number of amides is 3. The van der Waals surface area contributed by atoms with Crippen LogP contribution in [0.2, 0.25) is 0 Å². The average molecular weight is 1470 g/mol. The highest BCUT2D eigenvalue weighted by molar-refractivity contribution is 6.20. The molecule has 10 rings (SSSR count). The molecule has 5 aromatic carbocycles. The van der Waals surface area contributed by atoms with E-state index in [9.17, 15) is 54.9 Å². The number of carbonyl (C=O) groups excluding carboxylic acids is 4. The second-order valence-corrected chi connectivity index (χ2v) is 25.2. The smallest absolute Gasteiger partial charge is 0.269 e. The predicted octanol–water partition coefficient (Wildman–Crippen LogP) is 4.67. The number of hydrogen-bond donors (Lipinski definition) is 8. The number of anilines is 2. The standard InChI is InChI=1S/C74H88Cl2N4O23/c1-2-57-66(85)68(87)70(89)73(100-57)101-59-37-55-64(52-11-5-3-9-50(52)59)47(39-75)41-79(55)62(83)18-15-45-14-16-46(17-19-63(84)80-42-48(40-76)65-53-12-6-4-10-51(53)60(38-56(65)80)102-74-71(90)69(88)67(86)61(44-82)103-74)58(36-45)99-35-34-98-33-32-97-31-30-96-29-28-95-27-26-94-25-24-93-23-22-92-21-20-77-72(91)54-13-7-8-49(43-81)78-54/h3-19,36-38,43,47-48,57,61,66-71,73-74,82,85-90H,2,20-35,39-42,44H2,1H3,(H,77,91)/b18-15+,19-17+/t47-,48-,57-,61-,66-,67-,68+,69+,70-,71-,73?,74-/m1/s1. The van der Waals surface area contributed by atoms with Gasteiger partial charge in [0.15, 0.2) is 6.29 Å². The van der Waals surface area contributed by atoms with Crippen molar-refractivity contribution in [2.45, 2.75) is 86.6 Å². The lowest BCUT2D eigenvalue weighted by Gasteiger charge is -2.40. The summed E-state index contributed by atoms with van der Waals surface area (Å²) in [5, 5.41) is 79.6. The van der Waals surface area contributed by atoms with Crippen LogP contribution in [-0.4, -0.2) is 263 Å². The fourth-order valence-corrected chi connectivity index (χ4v) is 13.0. The zero-order valence-electron chi connectivity index (χ0n) is 56.9. The van der Waals surface area contributed by atoms with E-state index in [1.54, 1.807) is 77.4 Å². The van der Waals surface area contributed by atoms with E-state index in [0.29, 0.717) is 118 Å². The Morgan fingerprint density at radius 2 is 0.990 bits per heavy atom. The van der Waals surface area contributed by atoms with Crippen LogP contribution in [-0.2, 0) is 52.2 Å². The molecule has 2 fully saturated rings. The number of hydrogen-bond acceptors (Lipinski definition) is 24. The minimum Gasteiger partial charge on any atom is -0.491 e. The van der Waals surface area contributed by atoms with Crippen LogP contribution in [0.3, 0.4) is 0 Å². The van der Waals surface area contributed by atoms with Crippen molar-refractivity contribution in [1.82, 2.24) is 10.3 Å². The van der Waals surface area contributed by atoms with Crippen molar-refractivity contribution < 1.29 is 112 Å². The minimum absolute atomic E-state index is 0.0797. The molecule has 12 atom stereocenters. The molecule has 8 N–H and O–H groups in total. The largest absolute Gasteiger partial charge is 0.491 e. The zero-order chi connectivity index (χ0) is 72.8. The molecule has 3 amide bonds. The quantitative estimate of drug-likeness (QED) is 0.0112. The van der Waals surface area contributed by atoms with Crippen molar-refractivity contribution in [3.63, 3.8) is 0 Å². The Balaban J connectivity index is 0.726. The van der Waals surface area contributed by atoms with Gasteiger partial charge in [-0.2, -0.15) is 0 Å². The fourth-order valence-electron chi connectivity index (χ4n) is 12.5. The molecule has 0 radical (unpaired) electrons. The van der Waals surface area contributed by atoms with E-state index in [1.165, 1.54) is 24.3 Å². The highest BCUT2D eigenvalue weighted by Crippen LogP contribution is 2.48. The van der Waals surface area contributed by atoms with Crippen molar-refractivity contribution in [2.24, 2.45) is 0 Å². The molecule has 0 bridgehead atoms. The molecule has 4 aliphatic heterocycles. The van der Waals surface area contributed by atoms with E-state index >= 15 is 0 Å². The molecule has 5 heterocycles. The van der Waals surface area contributed by atoms with Crippen LogP contribution < -0.4 is 29.3 Å². The van der Waals surface area contributed by atoms with Crippen molar-refractivity contribution in [1.29, 1.82) is 0 Å². The second-order valence-electron chi connectivity index (χ2n) is 24.6. The van der Waals surface area contributed by atoms with E-state index in [1.807, 2.05) is 36.4 Å². The number of aromatic nitrogens is 1. The number of nitrogens with zero attached hydrogens (tertiary/aromatic N) is 3. The van der Waals surface area contributed by atoms with Crippen molar-refractivity contribution in [3.8, 4) is 17.2 Å². The summed E-state index contributed by atoms with van der Waals surface area (Å²) in [4.78, 5) is 59.2. The van der Waals surface area contributed by atoms with Crippen molar-refractivity contribution >= 4 is 92.3 Å². The van der Waals surface area contributed by atoms with E-state index in [4.69, 9.17) is 80.0 Å². The van der Waals surface area contributed by atoms with Gasteiger partial charge in [-0.15, -0.1) is 23.2 Å². The number of carbonyl (C=O) groups is 4. The van der Waals surface area contributed by atoms with E-state index in [2.05, 4.69) is 10.3 Å². The molecule has 0 spiro atoms. The van der Waals surface area contributed by atoms with Gasteiger partial charge < -0.3 is 108 Å². The summed E-state index contributed by atoms with van der Waals surface area (Å²) >= 11 is 13.2. The van der Waals surface area contributed by atoms with Gasteiger partial charge in [0.25, 0.3) is 17.7 Å². The number of pyridine rings is 1. The van der Waals surface area contributed by atoms with E-state index in [0.717, 1.165) is 21.9 Å². The maximum atomic E-state index is 14.6. The van der Waals surface area contributed by atoms with E-state index in [-0.39, 0.29) is 105 Å². The molecular formula is C74H88Cl2N4O23. The van der Waals surface area contributed by atoms with Gasteiger partial charge in [-0.1, -0.05) is 73.7 Å². The summed E-state index contributed by atoms with van der Waals surface area (Å²) in [6, 6.07) is 28.0. The van der Waals surface area contributed by atoms with Crippen LogP contribution in [0.25, 0.3) is 33.7 Å². The van der Waals surface area contributed by atoms with Crippen LogP contribution in [0, 0.1) is 0 Å². The number of nitrogens with one attached hydrogen (secondary N) is 1. The number of aliphatic hydroxyl groups excluding tert-OH is 7. The molecule has 0 aliphatic carbocycles. The first kappa shape index (κ1) is 78.3. The fraction of sp³-hybridized carbons (Fsp3) is 0.473. The van der Waals surface area contributed by atoms with Crippen molar-refractivity contribution in [2.75, 3.05) is 147 Å². The lowest BCUT2D eigenvalue weighted by Crippen LogP contribution is -2.60. The van der Waals surface area contributed by atoms with Crippen LogP contribution >= 0.6 is 23.2 Å². The van der Waals surface area contributed by atoms with Gasteiger partial charge in [0.05, 0.1) is 117 Å². The number of ether oxygens (including phenoxy) is 12. The lowest BCUT2D eigenvalue weighted by molar-refractivity contribution is -0.277. The van der Waals surface area contributed by atoms with Crippen molar-refractivity contribution in [3.05, 3.63) is 143 Å². The number of aliphatic hydroxyl groups is 7. The minimum atomic E-state index is -1.69. The maximum Gasteiger partial charge on any atom is 0.269 e. The number of rotatable bonds is 39. The molecule has 2 saturated heterocycles. The van der Waals surface area contributed by atoms with Gasteiger partial charge >= 0.3 is 0 Å². The van der Waals surface area contributed by atoms with Crippen LogP contribution in [0.1, 0.15) is 68.4 Å². The Kier molecular flexibility index (Phi) is 29.7. The van der Waals surface area contributed by atoms with Gasteiger partial charge in [0, 0.05) is 83.9 Å². The molecule has 556 valence electrons. The Morgan fingerprint density at radius 3 is 1.47 bits per heavy atom. The number of fused-ring (bicyclic) bond motifs is 6. The molecule has 6 aromatic rings. The molecule has 103 heavy (non-hydrogen) atoms. The van der Waals surface area contributed by atoms with Crippen LogP contribution in [0.5, 0.6) is 17.2 Å². The third-order valence-corrected chi connectivity index (χ3v) is 18.5. The molecule has 27 nitrogen and oxygen atoms in total. The number of aldehydes is 1. The summed E-state index contributed by atoms with van der Waals surface area (Å²) in [6.45, 7) is 6.52. The summed E-state index contributed by atoms with van der Waals surface area (Å²) in [7, 11) is 0. The normalized spacial score (nSPS) is 23.2. The third kappa shape index (κ3) is 20.0. The SMILES string of the molecule is CC[C@H]1OC(Oc2cc3c(c4ccccc24)[C@H](CCl)CN3C(=O)/C=C/c2ccc(/C=C/C(=O)N3C[C@@H](CCl)c4c3cc(O[C@@H]3O[C@H](CO)[C@@H](O)[C@H](O)[C@H]3O)c3ccccc43)c(OCCOCCOCCOCCOCCOCCOCCOCCNC(=O)c3cccc(C=O)n3)c2)[C@H](O)[C@@H](O)[C@@H]1O. The molecule has 4 aliphatic rings. The summed E-state index contributed by atoms with van der Waals surface area (Å²) in [5.41, 5.74) is 4.05. The molecule has 1 aromatic heterocycles. The second kappa shape index (κ2) is 39.1. The van der Waals surface area contributed by atoms with Crippen LogP contribution in [0.4, 0.5) is 11.4 Å². The summed E-state index contributed by atoms with van der Waals surface area (Å²) < 4.78 is 69.9. The first-order chi connectivity index (χ1) is 50.2. The monoisotopic (exact) mass is 1470 g/mol. The first-order valence-electron chi connectivity index (χ1n) is 34.2. The summed E-state index contributed by atoms with van der Waals surface area (Å²) in [5.74, 6) is -0.551. The van der Waals surface area contributed by atoms with Gasteiger partial charge in [-0.05, 0) is 64.2 Å². The van der Waals surface area contributed by atoms with Gasteiger partial charge in [-0.25, -0.2) is 4.98 Å². The first-order valence-corrected chi connectivity index (χ1v) is 35.3. The molecular weight excluding hydrogens is 1380 g/mol. The summed E-state index contributed by atoms with van der Waals surface area (Å²) in [6.07, 6.45) is -7.27. The molecule has 29 heteroatoms. The lowest BCUT2D eigenvalue weighted by atomic mass is 9.95. The predicted molar refractivity (Wildman–Crippen MR) is 379 cm³/mol. The Bertz CT molecular complexity index is 3850. The Morgan fingerprint density at radius 1 is 0.534 bits per heavy atom. The zero-order valence-corrected chi connectivity index (χ0v) is 58.4. The number of alkyl halides is 2. The van der Waals surface area contributed by atoms with Crippen LogP contribution in [0.15, 0.2) is 109 Å². The Hall–Kier alpha value is -7.33. The number of benzene rings is 5. The van der Waals surface area contributed by atoms with Gasteiger partial charge in [-0.3, -0.25) is 19.2 Å². The Labute approximate surface area is 605 Å². The topological polar surface area (TPSA) is 352 Å².